The number of hydrogen-bond acceptors (Lipinski definition) is 4. The van der Waals surface area contributed by atoms with Crippen molar-refractivity contribution < 1.29 is 14.6 Å². The van der Waals surface area contributed by atoms with Crippen LogP contribution >= 0.6 is 11.3 Å². The number of para-hydroxylation sites is 1. The van der Waals surface area contributed by atoms with Gasteiger partial charge >= 0.3 is 5.97 Å². The maximum atomic E-state index is 10.6. The second-order valence-corrected chi connectivity index (χ2v) is 6.73. The highest BCUT2D eigenvalue weighted by Crippen LogP contribution is 2.42. The summed E-state index contributed by atoms with van der Waals surface area (Å²) < 4.78 is 6.06. The van der Waals surface area contributed by atoms with Crippen LogP contribution in [0.25, 0.3) is 10.6 Å². The lowest BCUT2D eigenvalue weighted by Crippen LogP contribution is -2.24. The Morgan fingerprint density at radius 2 is 2.29 bits per heavy atom. The molecule has 1 aromatic carbocycles. The molecule has 0 saturated carbocycles. The van der Waals surface area contributed by atoms with Crippen molar-refractivity contribution in [3.05, 3.63) is 34.8 Å². The number of fused-ring (bicyclic) bond motifs is 1. The Morgan fingerprint density at radius 1 is 1.48 bits per heavy atom. The van der Waals surface area contributed by atoms with Crippen molar-refractivity contribution >= 4 is 17.3 Å². The van der Waals surface area contributed by atoms with Crippen molar-refractivity contribution in [3.63, 3.8) is 0 Å². The van der Waals surface area contributed by atoms with Crippen LogP contribution in [0.2, 0.25) is 0 Å². The van der Waals surface area contributed by atoms with Crippen LogP contribution in [0.5, 0.6) is 5.75 Å². The molecule has 5 heteroatoms. The van der Waals surface area contributed by atoms with Gasteiger partial charge in [0.05, 0.1) is 17.7 Å². The molecule has 0 amide bonds. The number of aliphatic carboxylic acids is 1. The van der Waals surface area contributed by atoms with E-state index in [0.717, 1.165) is 28.4 Å². The van der Waals surface area contributed by atoms with Gasteiger partial charge in [-0.2, -0.15) is 0 Å². The molecule has 3 rings (SSSR count). The first-order valence-corrected chi connectivity index (χ1v) is 7.80. The second kappa shape index (κ2) is 5.15. The number of carbonyl (C=O) groups is 1. The maximum Gasteiger partial charge on any atom is 0.303 e. The van der Waals surface area contributed by atoms with E-state index in [1.165, 1.54) is 16.9 Å². The summed E-state index contributed by atoms with van der Waals surface area (Å²) in [5.41, 5.74) is 2.86. The molecule has 0 atom stereocenters. The first-order chi connectivity index (χ1) is 9.94. The Labute approximate surface area is 127 Å². The summed E-state index contributed by atoms with van der Waals surface area (Å²) in [6.45, 7) is 4.16. The standard InChI is InChI=1S/C16H17NO3S/c1-16(2)8-10-4-3-5-12(14(10)20-16)15-17-11(9-21-15)6-7-13(18)19/h3-5,9H,6-8H2,1-2H3,(H,18,19). The van der Waals surface area contributed by atoms with E-state index in [2.05, 4.69) is 24.9 Å². The highest BCUT2D eigenvalue weighted by Gasteiger charge is 2.32. The molecule has 1 aliphatic heterocycles. The van der Waals surface area contributed by atoms with E-state index in [1.807, 2.05) is 17.5 Å². The van der Waals surface area contributed by atoms with Gasteiger partial charge in [-0.3, -0.25) is 4.79 Å². The molecule has 2 heterocycles. The number of thiazole rings is 1. The predicted octanol–water partition coefficient (Wildman–Crippen LogP) is 3.54. The van der Waals surface area contributed by atoms with E-state index in [9.17, 15) is 4.79 Å². The van der Waals surface area contributed by atoms with Gasteiger partial charge in [0.25, 0.3) is 0 Å². The van der Waals surface area contributed by atoms with Crippen molar-refractivity contribution in [1.82, 2.24) is 4.98 Å². The van der Waals surface area contributed by atoms with Gasteiger partial charge in [0.2, 0.25) is 0 Å². The zero-order chi connectivity index (χ0) is 15.0. The summed E-state index contributed by atoms with van der Waals surface area (Å²) in [5.74, 6) is 0.122. The largest absolute Gasteiger partial charge is 0.486 e. The minimum absolute atomic E-state index is 0.111. The fraction of sp³-hybridized carbons (Fsp3) is 0.375. The van der Waals surface area contributed by atoms with Gasteiger partial charge in [0.1, 0.15) is 16.4 Å². The van der Waals surface area contributed by atoms with Crippen LogP contribution < -0.4 is 4.74 Å². The molecule has 0 spiro atoms. The Morgan fingerprint density at radius 3 is 3.05 bits per heavy atom. The summed E-state index contributed by atoms with van der Waals surface area (Å²) in [6, 6.07) is 6.13. The van der Waals surface area contributed by atoms with E-state index in [1.54, 1.807) is 0 Å². The molecule has 0 saturated heterocycles. The zero-order valence-electron chi connectivity index (χ0n) is 12.0. The number of carboxylic acids is 1. The fourth-order valence-electron chi connectivity index (χ4n) is 2.56. The molecule has 1 aromatic heterocycles. The van der Waals surface area contributed by atoms with Crippen LogP contribution in [0.4, 0.5) is 0 Å². The number of nitrogens with zero attached hydrogens (tertiary/aromatic N) is 1. The Balaban J connectivity index is 1.89. The van der Waals surface area contributed by atoms with Gasteiger partial charge in [-0.25, -0.2) is 4.98 Å². The van der Waals surface area contributed by atoms with Crippen molar-refractivity contribution in [2.24, 2.45) is 0 Å². The van der Waals surface area contributed by atoms with Crippen LogP contribution in [-0.4, -0.2) is 21.7 Å². The third kappa shape index (κ3) is 2.93. The quantitative estimate of drug-likeness (QED) is 0.938. The average molecular weight is 303 g/mol. The highest BCUT2D eigenvalue weighted by molar-refractivity contribution is 7.13. The topological polar surface area (TPSA) is 59.4 Å². The van der Waals surface area contributed by atoms with Gasteiger partial charge in [0, 0.05) is 18.2 Å². The van der Waals surface area contributed by atoms with Crippen molar-refractivity contribution in [1.29, 1.82) is 0 Å². The van der Waals surface area contributed by atoms with E-state index < -0.39 is 5.97 Å². The van der Waals surface area contributed by atoms with Crippen LogP contribution in [0.15, 0.2) is 23.6 Å². The molecule has 1 N–H and O–H groups in total. The molecule has 0 bridgehead atoms. The second-order valence-electron chi connectivity index (χ2n) is 5.87. The maximum absolute atomic E-state index is 10.6. The number of benzene rings is 1. The first kappa shape index (κ1) is 14.1. The lowest BCUT2D eigenvalue weighted by Gasteiger charge is -2.17. The van der Waals surface area contributed by atoms with Crippen LogP contribution in [-0.2, 0) is 17.6 Å². The highest BCUT2D eigenvalue weighted by atomic mass is 32.1. The Kier molecular flexibility index (Phi) is 3.45. The molecular weight excluding hydrogens is 286 g/mol. The normalized spacial score (nSPS) is 15.5. The third-order valence-corrected chi connectivity index (χ3v) is 4.39. The number of ether oxygens (including phenoxy) is 1. The van der Waals surface area contributed by atoms with E-state index >= 15 is 0 Å². The van der Waals surface area contributed by atoms with E-state index in [4.69, 9.17) is 9.84 Å². The molecule has 21 heavy (non-hydrogen) atoms. The van der Waals surface area contributed by atoms with E-state index in [0.29, 0.717) is 6.42 Å². The number of aromatic nitrogens is 1. The first-order valence-electron chi connectivity index (χ1n) is 6.92. The Hall–Kier alpha value is -1.88. The molecule has 4 nitrogen and oxygen atoms in total. The molecule has 110 valence electrons. The zero-order valence-corrected chi connectivity index (χ0v) is 12.9. The fourth-order valence-corrected chi connectivity index (χ4v) is 3.44. The summed E-state index contributed by atoms with van der Waals surface area (Å²) in [5, 5.41) is 11.6. The van der Waals surface area contributed by atoms with Crippen LogP contribution in [0, 0.1) is 0 Å². The number of hydrogen-bond donors (Lipinski definition) is 1. The summed E-state index contributed by atoms with van der Waals surface area (Å²) >= 11 is 1.54. The summed E-state index contributed by atoms with van der Waals surface area (Å²) in [7, 11) is 0. The van der Waals surface area contributed by atoms with Crippen molar-refractivity contribution in [2.45, 2.75) is 38.7 Å². The number of aryl methyl sites for hydroxylation is 1. The number of rotatable bonds is 4. The molecule has 1 aliphatic rings. The minimum atomic E-state index is -0.796. The van der Waals surface area contributed by atoms with Crippen LogP contribution in [0.3, 0.4) is 0 Å². The summed E-state index contributed by atoms with van der Waals surface area (Å²) in [6.07, 6.45) is 1.47. The van der Waals surface area contributed by atoms with Crippen LogP contribution in [0.1, 0.15) is 31.5 Å². The molecule has 0 radical (unpaired) electrons. The molecular formula is C16H17NO3S. The molecule has 0 unspecified atom stereocenters. The van der Waals surface area contributed by atoms with E-state index in [-0.39, 0.29) is 12.0 Å². The predicted molar refractivity (Wildman–Crippen MR) is 81.9 cm³/mol. The monoisotopic (exact) mass is 303 g/mol. The Bertz CT molecular complexity index is 691. The van der Waals surface area contributed by atoms with Gasteiger partial charge in [-0.1, -0.05) is 12.1 Å². The minimum Gasteiger partial charge on any atom is -0.486 e. The average Bonchev–Trinajstić information content (AvgIpc) is 2.97. The molecule has 0 aliphatic carbocycles. The van der Waals surface area contributed by atoms with Gasteiger partial charge in [0.15, 0.2) is 0 Å². The van der Waals surface area contributed by atoms with Gasteiger partial charge in [-0.15, -0.1) is 11.3 Å². The molecule has 2 aromatic rings. The SMILES string of the molecule is CC1(C)Cc2cccc(-c3nc(CCC(=O)O)cs3)c2O1. The lowest BCUT2D eigenvalue weighted by atomic mass is 10.0. The third-order valence-electron chi connectivity index (χ3n) is 3.47. The van der Waals surface area contributed by atoms with Gasteiger partial charge in [-0.05, 0) is 25.5 Å². The lowest BCUT2D eigenvalue weighted by molar-refractivity contribution is -0.136. The smallest absolute Gasteiger partial charge is 0.303 e. The molecule has 0 fully saturated rings. The summed E-state index contributed by atoms with van der Waals surface area (Å²) in [4.78, 5) is 15.2. The number of carboxylic acid groups (broad SMARTS) is 1. The van der Waals surface area contributed by atoms with Gasteiger partial charge < -0.3 is 9.84 Å². The van der Waals surface area contributed by atoms with Crippen molar-refractivity contribution in [3.8, 4) is 16.3 Å². The van der Waals surface area contributed by atoms with Crippen molar-refractivity contribution in [2.75, 3.05) is 0 Å².